The molecule has 0 amide bonds. The number of hydrogen-bond acceptors (Lipinski definition) is 9. The van der Waals surface area contributed by atoms with Gasteiger partial charge in [-0.1, -0.05) is 12.1 Å². The summed E-state index contributed by atoms with van der Waals surface area (Å²) in [5, 5.41) is 11.0. The average Bonchev–Trinajstić information content (AvgIpc) is 3.66. The topological polar surface area (TPSA) is 88.5 Å². The average molecular weight is 615 g/mol. The Labute approximate surface area is 261 Å². The summed E-state index contributed by atoms with van der Waals surface area (Å²) >= 11 is 1.48. The predicted molar refractivity (Wildman–Crippen MR) is 172 cm³/mol. The summed E-state index contributed by atoms with van der Waals surface area (Å²) in [4.78, 5) is 31.4. The molecule has 3 aromatic carbocycles. The Morgan fingerprint density at radius 2 is 1.82 bits per heavy atom. The first-order valence-corrected chi connectivity index (χ1v) is 16.0. The number of ether oxygens (including phenoxy) is 3. The molecular formula is C35H38N2O6S. The highest BCUT2D eigenvalue weighted by Gasteiger charge is 2.28. The third kappa shape index (κ3) is 6.51. The van der Waals surface area contributed by atoms with Crippen molar-refractivity contribution in [3.05, 3.63) is 77.4 Å². The Hall–Kier alpha value is -3.76. The molecule has 2 aliphatic heterocycles. The van der Waals surface area contributed by atoms with Crippen molar-refractivity contribution in [2.75, 3.05) is 53.1 Å². The van der Waals surface area contributed by atoms with Crippen LogP contribution >= 0.6 is 11.3 Å². The maximum atomic E-state index is 14.2. The highest BCUT2D eigenvalue weighted by molar-refractivity contribution is 7.22. The molecule has 44 heavy (non-hydrogen) atoms. The number of methoxy groups -OCH3 is 1. The van der Waals surface area contributed by atoms with Gasteiger partial charge in [0.15, 0.2) is 5.78 Å². The van der Waals surface area contributed by atoms with E-state index in [1.54, 1.807) is 26.2 Å². The highest BCUT2D eigenvalue weighted by atomic mass is 32.1. The van der Waals surface area contributed by atoms with Gasteiger partial charge in [-0.25, -0.2) is 0 Å². The lowest BCUT2D eigenvalue weighted by molar-refractivity contribution is -0.121. The molecule has 0 radical (unpaired) electrons. The smallest absolute Gasteiger partial charge is 0.195 e. The number of carbonyl (C=O) groups is 2. The number of thiophene rings is 1. The Bertz CT molecular complexity index is 1640. The van der Waals surface area contributed by atoms with Crippen molar-refractivity contribution < 1.29 is 28.9 Å². The van der Waals surface area contributed by atoms with Crippen LogP contribution in [0, 0.1) is 0 Å². The van der Waals surface area contributed by atoms with E-state index >= 15 is 0 Å². The van der Waals surface area contributed by atoms with Crippen LogP contribution in [0.25, 0.3) is 20.5 Å². The van der Waals surface area contributed by atoms with Gasteiger partial charge in [-0.2, -0.15) is 0 Å². The summed E-state index contributed by atoms with van der Waals surface area (Å²) in [5.41, 5.74) is 3.08. The number of hydrogen-bond donors (Lipinski definition) is 1. The molecule has 2 fully saturated rings. The third-order valence-electron chi connectivity index (χ3n) is 8.54. The van der Waals surface area contributed by atoms with E-state index in [0.717, 1.165) is 84.1 Å². The summed E-state index contributed by atoms with van der Waals surface area (Å²) in [5.74, 6) is 1.70. The van der Waals surface area contributed by atoms with Crippen LogP contribution in [0.4, 0.5) is 0 Å². The fourth-order valence-corrected chi connectivity index (χ4v) is 7.45. The SMILES string of the molecule is COc1cc(C(=O)c2c(-c3ccc(OCCN4CCC[C@H]4C(C)=O)cc3)sc3cc(O)ccc23)ccc1CN1CCOCC1. The standard InChI is InChI=1S/C35H38N2O6S/c1-23(38)30-4-3-13-37(30)16-19-43-28-10-7-24(8-11-28)35-33(29-12-9-27(39)21-32(29)44-35)34(40)25-5-6-26(31(20-25)41-2)22-36-14-17-42-18-15-36/h5-12,20-21,30,39H,3-4,13-19,22H2,1-2H3/t30-/m0/s1. The van der Waals surface area contributed by atoms with E-state index in [1.165, 1.54) is 11.3 Å². The number of nitrogens with zero attached hydrogens (tertiary/aromatic N) is 2. The maximum Gasteiger partial charge on any atom is 0.195 e. The van der Waals surface area contributed by atoms with Crippen molar-refractivity contribution in [3.63, 3.8) is 0 Å². The van der Waals surface area contributed by atoms with Gasteiger partial charge in [0.05, 0.1) is 26.4 Å². The molecular weight excluding hydrogens is 576 g/mol. The van der Waals surface area contributed by atoms with Crippen molar-refractivity contribution in [2.24, 2.45) is 0 Å². The number of benzene rings is 3. The first kappa shape index (κ1) is 30.3. The minimum absolute atomic E-state index is 0.00488. The zero-order valence-electron chi connectivity index (χ0n) is 25.2. The van der Waals surface area contributed by atoms with E-state index in [-0.39, 0.29) is 23.4 Å². The molecule has 1 N–H and O–H groups in total. The molecule has 0 unspecified atom stereocenters. The van der Waals surface area contributed by atoms with Crippen LogP contribution in [-0.4, -0.2) is 85.6 Å². The summed E-state index contributed by atoms with van der Waals surface area (Å²) in [6.07, 6.45) is 1.96. The number of rotatable bonds is 11. The van der Waals surface area contributed by atoms with Gasteiger partial charge in [0, 0.05) is 57.8 Å². The monoisotopic (exact) mass is 614 g/mol. The third-order valence-corrected chi connectivity index (χ3v) is 9.75. The van der Waals surface area contributed by atoms with E-state index < -0.39 is 0 Å². The molecule has 1 aromatic heterocycles. The molecule has 0 aliphatic carbocycles. The van der Waals surface area contributed by atoms with Gasteiger partial charge in [0.1, 0.15) is 29.6 Å². The van der Waals surface area contributed by atoms with Crippen LogP contribution in [0.5, 0.6) is 17.2 Å². The number of phenols is 1. The highest BCUT2D eigenvalue weighted by Crippen LogP contribution is 2.42. The molecule has 0 spiro atoms. The Morgan fingerprint density at radius 1 is 1.02 bits per heavy atom. The van der Waals surface area contributed by atoms with Crippen molar-refractivity contribution in [1.82, 2.24) is 9.80 Å². The molecule has 0 bridgehead atoms. The lowest BCUT2D eigenvalue weighted by Gasteiger charge is -2.27. The number of aromatic hydroxyl groups is 1. The van der Waals surface area contributed by atoms with Crippen LogP contribution in [0.1, 0.15) is 41.3 Å². The molecule has 0 saturated carbocycles. The van der Waals surface area contributed by atoms with E-state index in [2.05, 4.69) is 9.80 Å². The number of phenolic OH excluding ortho intramolecular Hbond substituents is 1. The molecule has 230 valence electrons. The lowest BCUT2D eigenvalue weighted by atomic mass is 9.96. The zero-order chi connectivity index (χ0) is 30.6. The molecule has 9 heteroatoms. The normalized spacial score (nSPS) is 17.6. The minimum atomic E-state index is -0.0980. The summed E-state index contributed by atoms with van der Waals surface area (Å²) in [7, 11) is 1.64. The van der Waals surface area contributed by atoms with Gasteiger partial charge in [0.25, 0.3) is 0 Å². The van der Waals surface area contributed by atoms with E-state index in [4.69, 9.17) is 14.2 Å². The lowest BCUT2D eigenvalue weighted by Crippen LogP contribution is -2.37. The van der Waals surface area contributed by atoms with Gasteiger partial charge in [-0.05, 0) is 80.4 Å². The number of fused-ring (bicyclic) bond motifs is 1. The molecule has 2 saturated heterocycles. The Kier molecular flexibility index (Phi) is 9.28. The largest absolute Gasteiger partial charge is 0.508 e. The first-order chi connectivity index (χ1) is 21.4. The van der Waals surface area contributed by atoms with Crippen LogP contribution in [0.2, 0.25) is 0 Å². The minimum Gasteiger partial charge on any atom is -0.508 e. The van der Waals surface area contributed by atoms with Gasteiger partial charge in [-0.15, -0.1) is 11.3 Å². The van der Waals surface area contributed by atoms with Gasteiger partial charge >= 0.3 is 0 Å². The molecule has 8 nitrogen and oxygen atoms in total. The van der Waals surface area contributed by atoms with Gasteiger partial charge in [0.2, 0.25) is 0 Å². The number of likely N-dealkylation sites (tertiary alicyclic amines) is 1. The van der Waals surface area contributed by atoms with Crippen LogP contribution in [-0.2, 0) is 16.1 Å². The molecule has 4 aromatic rings. The number of Topliss-reactive ketones (excluding diaryl/α,β-unsaturated/α-hetero) is 1. The van der Waals surface area contributed by atoms with E-state index in [1.807, 2.05) is 48.5 Å². The fraction of sp³-hybridized carbons (Fsp3) is 0.371. The number of ketones is 2. The van der Waals surface area contributed by atoms with Crippen molar-refractivity contribution in [2.45, 2.75) is 32.4 Å². The van der Waals surface area contributed by atoms with E-state index in [9.17, 15) is 14.7 Å². The maximum absolute atomic E-state index is 14.2. The summed E-state index contributed by atoms with van der Waals surface area (Å²) < 4.78 is 18.1. The second-order valence-corrected chi connectivity index (χ2v) is 12.5. The van der Waals surface area contributed by atoms with E-state index in [0.29, 0.717) is 30.0 Å². The molecule has 2 aliphatic rings. The van der Waals surface area contributed by atoms with Gasteiger partial charge in [-0.3, -0.25) is 19.4 Å². The number of morpholine rings is 1. The summed E-state index contributed by atoms with van der Waals surface area (Å²) in [6.45, 7) is 7.69. The van der Waals surface area contributed by atoms with Crippen molar-refractivity contribution in [1.29, 1.82) is 0 Å². The molecule has 1 atom stereocenters. The fourth-order valence-electron chi connectivity index (χ4n) is 6.21. The van der Waals surface area contributed by atoms with Crippen molar-refractivity contribution >= 4 is 33.0 Å². The first-order valence-electron chi connectivity index (χ1n) is 15.2. The molecule has 6 rings (SSSR count). The second-order valence-electron chi connectivity index (χ2n) is 11.4. The zero-order valence-corrected chi connectivity index (χ0v) is 26.0. The quantitative estimate of drug-likeness (QED) is 0.213. The second kappa shape index (κ2) is 13.5. The molecule has 3 heterocycles. The van der Waals surface area contributed by atoms with Crippen LogP contribution in [0.15, 0.2) is 60.7 Å². The van der Waals surface area contributed by atoms with Crippen LogP contribution in [0.3, 0.4) is 0 Å². The van der Waals surface area contributed by atoms with Crippen LogP contribution < -0.4 is 9.47 Å². The number of carbonyl (C=O) groups excluding carboxylic acids is 2. The summed E-state index contributed by atoms with van der Waals surface area (Å²) in [6, 6.07) is 18.6. The Morgan fingerprint density at radius 3 is 2.57 bits per heavy atom. The predicted octanol–water partition coefficient (Wildman–Crippen LogP) is 5.78. The Balaban J connectivity index is 1.24. The van der Waals surface area contributed by atoms with Gasteiger partial charge < -0.3 is 19.3 Å². The van der Waals surface area contributed by atoms with Crippen molar-refractivity contribution in [3.8, 4) is 27.7 Å².